The zero-order valence-electron chi connectivity index (χ0n) is 26.9. The summed E-state index contributed by atoms with van der Waals surface area (Å²) in [6.45, 7) is 2.89. The molecule has 0 radical (unpaired) electrons. The van der Waals surface area contributed by atoms with Crippen molar-refractivity contribution in [2.45, 2.75) is 46.1 Å². The second kappa shape index (κ2) is 18.1. The zero-order valence-corrected chi connectivity index (χ0v) is 28.4. The van der Waals surface area contributed by atoms with Gasteiger partial charge in [0.05, 0.1) is 33.1 Å². The third kappa shape index (κ3) is 11.9. The maximum Gasteiger partial charge on any atom is 0.416 e. The Morgan fingerprint density at radius 3 is 1.59 bits per heavy atom. The molecule has 0 unspecified atom stereocenters. The molecule has 51 heavy (non-hydrogen) atoms. The second-order valence-corrected chi connectivity index (χ2v) is 11.3. The van der Waals surface area contributed by atoms with Crippen LogP contribution in [0.1, 0.15) is 64.1 Å². The van der Waals surface area contributed by atoms with Crippen LogP contribution in [0.4, 0.5) is 28.9 Å². The van der Waals surface area contributed by atoms with Crippen LogP contribution in [-0.2, 0) is 29.0 Å². The molecule has 0 spiro atoms. The number of aromatic carboxylic acids is 2. The molecule has 4 aromatic carbocycles. The van der Waals surface area contributed by atoms with Gasteiger partial charge in [0.1, 0.15) is 30.5 Å². The molecule has 16 heteroatoms. The maximum atomic E-state index is 13.1. The van der Waals surface area contributed by atoms with Crippen LogP contribution in [0.5, 0.6) is 11.5 Å². The molecule has 270 valence electrons. The van der Waals surface area contributed by atoms with Crippen molar-refractivity contribution in [3.63, 3.8) is 0 Å². The largest absolute Gasteiger partial charge is 0.489 e. The van der Waals surface area contributed by atoms with Gasteiger partial charge in [-0.1, -0.05) is 49.2 Å². The van der Waals surface area contributed by atoms with Crippen LogP contribution in [0.2, 0.25) is 10.0 Å². The summed E-state index contributed by atoms with van der Waals surface area (Å²) in [4.78, 5) is 45.6. The molecule has 2 amide bonds. The van der Waals surface area contributed by atoms with E-state index in [9.17, 15) is 47.0 Å². The number of ether oxygens (including phenoxy) is 2. The first-order chi connectivity index (χ1) is 24.0. The van der Waals surface area contributed by atoms with Gasteiger partial charge in [0.25, 0.3) is 0 Å². The predicted molar refractivity (Wildman–Crippen MR) is 181 cm³/mol. The van der Waals surface area contributed by atoms with Gasteiger partial charge in [-0.05, 0) is 60.7 Å². The molecule has 4 N–H and O–H groups in total. The van der Waals surface area contributed by atoms with Gasteiger partial charge in [-0.3, -0.25) is 9.59 Å². The lowest BCUT2D eigenvalue weighted by molar-refractivity contribution is -0.138. The van der Waals surface area contributed by atoms with Crippen LogP contribution in [0.3, 0.4) is 0 Å². The Bertz CT molecular complexity index is 1920. The minimum absolute atomic E-state index is 0.0463. The number of benzene rings is 4. The van der Waals surface area contributed by atoms with Gasteiger partial charge >= 0.3 is 18.1 Å². The van der Waals surface area contributed by atoms with Gasteiger partial charge in [0.2, 0.25) is 11.8 Å². The summed E-state index contributed by atoms with van der Waals surface area (Å²) in [5.41, 5.74) is -0.558. The highest BCUT2D eigenvalue weighted by Gasteiger charge is 2.33. The Morgan fingerprint density at radius 1 is 0.686 bits per heavy atom. The average Bonchev–Trinajstić information content (AvgIpc) is 3.07. The molecular formula is C35H30Cl2F4N2O8. The van der Waals surface area contributed by atoms with Gasteiger partial charge in [-0.25, -0.2) is 14.0 Å². The fourth-order valence-corrected chi connectivity index (χ4v) is 4.57. The van der Waals surface area contributed by atoms with Crippen molar-refractivity contribution in [1.82, 2.24) is 0 Å². The Kier molecular flexibility index (Phi) is 14.2. The fourth-order valence-electron chi connectivity index (χ4n) is 4.17. The van der Waals surface area contributed by atoms with Crippen LogP contribution in [0, 0.1) is 5.82 Å². The molecule has 10 nitrogen and oxygen atoms in total. The molecule has 0 aromatic heterocycles. The maximum absolute atomic E-state index is 13.1. The highest BCUT2D eigenvalue weighted by atomic mass is 35.5. The number of carbonyl (C=O) groups excluding carboxylic acids is 2. The summed E-state index contributed by atoms with van der Waals surface area (Å²) < 4.78 is 63.1. The van der Waals surface area contributed by atoms with Crippen molar-refractivity contribution in [2.24, 2.45) is 0 Å². The van der Waals surface area contributed by atoms with Crippen molar-refractivity contribution in [3.8, 4) is 11.5 Å². The van der Waals surface area contributed by atoms with E-state index in [0.29, 0.717) is 11.3 Å². The molecule has 0 aliphatic heterocycles. The molecule has 0 aliphatic rings. The summed E-state index contributed by atoms with van der Waals surface area (Å²) in [6, 6.07) is 15.3. The number of carbonyl (C=O) groups is 4. The number of carboxylic acid groups (broad SMARTS) is 2. The van der Waals surface area contributed by atoms with Crippen LogP contribution in [0.25, 0.3) is 0 Å². The van der Waals surface area contributed by atoms with E-state index in [1.54, 1.807) is 13.8 Å². The van der Waals surface area contributed by atoms with E-state index in [0.717, 1.165) is 12.1 Å². The summed E-state index contributed by atoms with van der Waals surface area (Å²) in [5, 5.41) is 23.7. The normalized spacial score (nSPS) is 10.7. The predicted octanol–water partition coefficient (Wildman–Crippen LogP) is 9.09. The lowest BCUT2D eigenvalue weighted by atomic mass is 10.1. The zero-order chi connectivity index (χ0) is 37.9. The van der Waals surface area contributed by atoms with E-state index < -0.39 is 36.1 Å². The Hall–Kier alpha value is -5.34. The van der Waals surface area contributed by atoms with Crippen LogP contribution in [-0.4, -0.2) is 34.0 Å². The molecule has 0 saturated heterocycles. The van der Waals surface area contributed by atoms with E-state index >= 15 is 0 Å². The molecule has 0 heterocycles. The SMILES string of the molecule is CCC(=O)Nc1ccc(OCc2ccc(Cl)cc2C(F)(F)F)cc1C(=O)O.CCC(=O)Nc1ccc(OCc2ccc(F)cc2Cl)cc1C(=O)O. The summed E-state index contributed by atoms with van der Waals surface area (Å²) in [7, 11) is 0. The minimum Gasteiger partial charge on any atom is -0.489 e. The van der Waals surface area contributed by atoms with Crippen molar-refractivity contribution in [3.05, 3.63) is 116 Å². The van der Waals surface area contributed by atoms with Gasteiger partial charge in [-0.15, -0.1) is 0 Å². The van der Waals surface area contributed by atoms with Crippen LogP contribution in [0.15, 0.2) is 72.8 Å². The van der Waals surface area contributed by atoms with Crippen molar-refractivity contribution in [2.75, 3.05) is 10.6 Å². The quantitative estimate of drug-likeness (QED) is 0.105. The highest BCUT2D eigenvalue weighted by molar-refractivity contribution is 6.31. The van der Waals surface area contributed by atoms with Gasteiger partial charge in [-0.2, -0.15) is 13.2 Å². The second-order valence-electron chi connectivity index (χ2n) is 10.4. The van der Waals surface area contributed by atoms with E-state index in [4.69, 9.17) is 32.7 Å². The molecule has 0 saturated carbocycles. The van der Waals surface area contributed by atoms with E-state index in [1.165, 1.54) is 60.7 Å². The number of amides is 2. The van der Waals surface area contributed by atoms with Crippen molar-refractivity contribution >= 4 is 58.3 Å². The monoisotopic (exact) mass is 752 g/mol. The Balaban J connectivity index is 0.000000277. The lowest BCUT2D eigenvalue weighted by Crippen LogP contribution is -2.13. The first-order valence-corrected chi connectivity index (χ1v) is 15.7. The van der Waals surface area contributed by atoms with Gasteiger partial charge < -0.3 is 30.3 Å². The minimum atomic E-state index is -4.61. The smallest absolute Gasteiger partial charge is 0.416 e. The first kappa shape index (κ1) is 40.1. The Labute approximate surface area is 298 Å². The van der Waals surface area contributed by atoms with E-state index in [1.807, 2.05) is 0 Å². The number of hydrogen-bond acceptors (Lipinski definition) is 6. The first-order valence-electron chi connectivity index (χ1n) is 14.9. The standard InChI is InChI=1S/C18H15ClF3NO4.C17H15ClFNO4/c1-2-16(24)23-15-6-5-12(8-13(15)17(25)26)27-9-10-3-4-11(19)7-14(10)18(20,21)22;1-2-16(21)20-15-6-5-12(8-13(15)17(22)23)24-9-10-3-4-11(19)7-14(10)18/h3-8H,2,9H2,1H3,(H,23,24)(H,25,26);3-8H,2,9H2,1H3,(H,20,21)(H,22,23). The number of hydrogen-bond donors (Lipinski definition) is 4. The highest BCUT2D eigenvalue weighted by Crippen LogP contribution is 2.34. The van der Waals surface area contributed by atoms with Crippen molar-refractivity contribution in [1.29, 1.82) is 0 Å². The molecule has 0 aliphatic carbocycles. The van der Waals surface area contributed by atoms with Crippen molar-refractivity contribution < 1.29 is 56.4 Å². The number of carboxylic acids is 2. The molecule has 0 fully saturated rings. The molecule has 4 rings (SSSR count). The Morgan fingerprint density at radius 2 is 1.16 bits per heavy atom. The summed E-state index contributed by atoms with van der Waals surface area (Å²) in [5.74, 6) is -3.27. The van der Waals surface area contributed by atoms with Gasteiger partial charge in [0, 0.05) is 29.0 Å². The van der Waals surface area contributed by atoms with E-state index in [2.05, 4.69) is 10.6 Å². The molecule has 0 bridgehead atoms. The van der Waals surface area contributed by atoms with Crippen LogP contribution < -0.4 is 20.1 Å². The van der Waals surface area contributed by atoms with Crippen LogP contribution >= 0.6 is 23.2 Å². The number of rotatable bonds is 12. The summed E-state index contributed by atoms with van der Waals surface area (Å²) >= 11 is 11.5. The van der Waals surface area contributed by atoms with E-state index in [-0.39, 0.29) is 75.1 Å². The lowest BCUT2D eigenvalue weighted by Gasteiger charge is -2.15. The topological polar surface area (TPSA) is 151 Å². The number of halogens is 6. The summed E-state index contributed by atoms with van der Waals surface area (Å²) in [6.07, 6.45) is -4.21. The average molecular weight is 754 g/mol. The third-order valence-corrected chi connectivity index (χ3v) is 7.40. The molecule has 0 atom stereocenters. The van der Waals surface area contributed by atoms with Gasteiger partial charge in [0.15, 0.2) is 0 Å². The number of alkyl halides is 3. The fraction of sp³-hybridized carbons (Fsp3) is 0.200. The molecular weight excluding hydrogens is 723 g/mol. The third-order valence-electron chi connectivity index (χ3n) is 6.81. The molecule has 4 aromatic rings. The number of nitrogens with one attached hydrogen (secondary N) is 2. The number of anilines is 2.